The zero-order chi connectivity index (χ0) is 15.9. The van der Waals surface area contributed by atoms with Crippen LogP contribution in [0.15, 0.2) is 17.0 Å². The molecule has 0 spiro atoms. The molecule has 0 aliphatic heterocycles. The molecule has 1 rings (SSSR count). The molecule has 0 aromatic heterocycles. The van der Waals surface area contributed by atoms with Crippen LogP contribution < -0.4 is 0 Å². The number of aromatic carboxylic acids is 1. The molecule has 112 valence electrons. The van der Waals surface area contributed by atoms with Crippen molar-refractivity contribution in [2.24, 2.45) is 0 Å². The van der Waals surface area contributed by atoms with E-state index >= 15 is 0 Å². The molecule has 0 aliphatic carbocycles. The molecule has 0 bridgehead atoms. The van der Waals surface area contributed by atoms with E-state index in [2.05, 4.69) is 0 Å². The lowest BCUT2D eigenvalue weighted by atomic mass is 10.1. The van der Waals surface area contributed by atoms with E-state index in [4.69, 9.17) is 28.3 Å². The zero-order valence-corrected chi connectivity index (χ0v) is 13.3. The first-order chi connectivity index (χ1) is 8.90. The molecular formula is C12H13Cl2FO4S. The van der Waals surface area contributed by atoms with Crippen LogP contribution in [-0.4, -0.2) is 24.7 Å². The molecular weight excluding hydrogens is 330 g/mol. The van der Waals surface area contributed by atoms with Crippen LogP contribution in [0.4, 0.5) is 4.39 Å². The summed E-state index contributed by atoms with van der Waals surface area (Å²) < 4.78 is 35.5. The van der Waals surface area contributed by atoms with Gasteiger partial charge in [-0.2, -0.15) is 0 Å². The molecule has 0 heterocycles. The Kier molecular flexibility index (Phi) is 4.73. The van der Waals surface area contributed by atoms with Crippen LogP contribution >= 0.6 is 23.2 Å². The van der Waals surface area contributed by atoms with Crippen molar-refractivity contribution < 1.29 is 22.7 Å². The summed E-state index contributed by atoms with van der Waals surface area (Å²) in [5, 5.41) is 8.16. The monoisotopic (exact) mass is 342 g/mol. The summed E-state index contributed by atoms with van der Waals surface area (Å²) in [7, 11) is -3.95. The molecule has 1 N–H and O–H groups in total. The minimum absolute atomic E-state index is 0.0907. The van der Waals surface area contributed by atoms with Crippen LogP contribution in [0.3, 0.4) is 0 Å². The molecule has 0 unspecified atom stereocenters. The number of rotatable bonds is 4. The SMILES string of the molecule is Cc1c(C(=O)O)ccc(C(F)(Cl)Cl)c1S(=O)(=O)C(C)C. The van der Waals surface area contributed by atoms with Crippen molar-refractivity contribution in [3.8, 4) is 0 Å². The first kappa shape index (κ1) is 17.2. The highest BCUT2D eigenvalue weighted by Crippen LogP contribution is 2.41. The summed E-state index contributed by atoms with van der Waals surface area (Å²) in [4.78, 5) is 10.6. The average Bonchev–Trinajstić information content (AvgIpc) is 2.25. The molecule has 0 atom stereocenters. The Morgan fingerprint density at radius 1 is 1.35 bits per heavy atom. The number of benzene rings is 1. The van der Waals surface area contributed by atoms with Crippen molar-refractivity contribution in [3.63, 3.8) is 0 Å². The van der Waals surface area contributed by atoms with Gasteiger partial charge in [0.25, 0.3) is 4.59 Å². The number of hydrogen-bond donors (Lipinski definition) is 1. The van der Waals surface area contributed by atoms with E-state index in [1.165, 1.54) is 20.8 Å². The summed E-state index contributed by atoms with van der Waals surface area (Å²) in [5.41, 5.74) is -0.811. The van der Waals surface area contributed by atoms with E-state index in [1.54, 1.807) is 0 Å². The van der Waals surface area contributed by atoms with Crippen molar-refractivity contribution in [3.05, 3.63) is 28.8 Å². The van der Waals surface area contributed by atoms with Crippen LogP contribution in [0.2, 0.25) is 0 Å². The Balaban J connectivity index is 3.86. The summed E-state index contributed by atoms with van der Waals surface area (Å²) >= 11 is 10.7. The molecule has 0 saturated carbocycles. The number of halogens is 3. The molecule has 0 fully saturated rings. The summed E-state index contributed by atoms with van der Waals surface area (Å²) in [6, 6.07) is 2.05. The fourth-order valence-corrected chi connectivity index (χ4v) is 3.70. The Labute approximate surface area is 126 Å². The van der Waals surface area contributed by atoms with Crippen LogP contribution in [0.1, 0.15) is 35.3 Å². The molecule has 4 nitrogen and oxygen atoms in total. The van der Waals surface area contributed by atoms with Gasteiger partial charge in [0.2, 0.25) is 0 Å². The van der Waals surface area contributed by atoms with Crippen LogP contribution in [-0.2, 0) is 14.4 Å². The van der Waals surface area contributed by atoms with Crippen LogP contribution in [0, 0.1) is 6.92 Å². The second kappa shape index (κ2) is 5.50. The van der Waals surface area contributed by atoms with Gasteiger partial charge in [-0.25, -0.2) is 17.6 Å². The Morgan fingerprint density at radius 3 is 2.20 bits per heavy atom. The summed E-state index contributed by atoms with van der Waals surface area (Å²) in [5.74, 6) is -1.32. The Morgan fingerprint density at radius 2 is 1.85 bits per heavy atom. The van der Waals surface area contributed by atoms with Gasteiger partial charge in [-0.1, -0.05) is 29.3 Å². The van der Waals surface area contributed by atoms with Gasteiger partial charge in [-0.05, 0) is 32.4 Å². The highest BCUT2D eigenvalue weighted by molar-refractivity contribution is 7.92. The minimum atomic E-state index is -3.95. The molecule has 0 aliphatic rings. The number of hydrogen-bond acceptors (Lipinski definition) is 3. The molecule has 0 radical (unpaired) electrons. The van der Waals surface area contributed by atoms with Crippen molar-refractivity contribution in [2.45, 2.75) is 35.5 Å². The van der Waals surface area contributed by atoms with E-state index in [-0.39, 0.29) is 11.1 Å². The normalized spacial score (nSPS) is 12.8. The highest BCUT2D eigenvalue weighted by atomic mass is 35.5. The maximum atomic E-state index is 13.8. The number of carboxylic acids is 1. The summed E-state index contributed by atoms with van der Waals surface area (Å²) in [6.45, 7) is 4.07. The van der Waals surface area contributed by atoms with E-state index in [0.717, 1.165) is 12.1 Å². The van der Waals surface area contributed by atoms with Crippen molar-refractivity contribution >= 4 is 39.0 Å². The van der Waals surface area contributed by atoms with E-state index in [9.17, 15) is 17.6 Å². The third-order valence-corrected chi connectivity index (χ3v) is 5.59. The van der Waals surface area contributed by atoms with Gasteiger partial charge >= 0.3 is 5.97 Å². The lowest BCUT2D eigenvalue weighted by Gasteiger charge is -2.20. The van der Waals surface area contributed by atoms with Crippen molar-refractivity contribution in [1.29, 1.82) is 0 Å². The first-order valence-corrected chi connectivity index (χ1v) is 7.89. The van der Waals surface area contributed by atoms with Crippen molar-refractivity contribution in [1.82, 2.24) is 0 Å². The van der Waals surface area contributed by atoms with Gasteiger partial charge in [0.05, 0.1) is 15.7 Å². The fourth-order valence-electron chi connectivity index (χ4n) is 1.75. The van der Waals surface area contributed by atoms with Crippen LogP contribution in [0.5, 0.6) is 0 Å². The summed E-state index contributed by atoms with van der Waals surface area (Å²) in [6.07, 6.45) is 0. The van der Waals surface area contributed by atoms with Gasteiger partial charge in [-0.15, -0.1) is 0 Å². The molecule has 8 heteroatoms. The predicted octanol–water partition coefficient (Wildman–Crippen LogP) is 3.43. The molecule has 20 heavy (non-hydrogen) atoms. The number of sulfone groups is 1. The molecule has 1 aromatic rings. The lowest BCUT2D eigenvalue weighted by molar-refractivity contribution is 0.0695. The molecule has 0 saturated heterocycles. The smallest absolute Gasteiger partial charge is 0.335 e. The zero-order valence-electron chi connectivity index (χ0n) is 10.9. The van der Waals surface area contributed by atoms with Crippen molar-refractivity contribution in [2.75, 3.05) is 0 Å². The largest absolute Gasteiger partial charge is 0.478 e. The second-order valence-electron chi connectivity index (χ2n) is 4.51. The topological polar surface area (TPSA) is 71.4 Å². The number of carboxylic acid groups (broad SMARTS) is 1. The molecule has 0 amide bonds. The Bertz CT molecular complexity index is 648. The first-order valence-electron chi connectivity index (χ1n) is 5.58. The molecule has 1 aromatic carbocycles. The maximum absolute atomic E-state index is 13.8. The number of carbonyl (C=O) groups is 1. The highest BCUT2D eigenvalue weighted by Gasteiger charge is 2.36. The average molecular weight is 343 g/mol. The van der Waals surface area contributed by atoms with Gasteiger partial charge in [0.15, 0.2) is 9.84 Å². The second-order valence-corrected chi connectivity index (χ2v) is 8.19. The van der Waals surface area contributed by atoms with E-state index in [1.807, 2.05) is 0 Å². The standard InChI is InChI=1S/C12H13Cl2FO4S/c1-6(2)20(18,19)10-7(3)8(11(16)17)4-5-9(10)12(13,14)15/h4-6H,1-3H3,(H,16,17). The number of alkyl halides is 3. The third-order valence-electron chi connectivity index (χ3n) is 2.85. The Hall–Kier alpha value is -0.850. The van der Waals surface area contributed by atoms with Gasteiger partial charge in [0.1, 0.15) is 0 Å². The predicted molar refractivity (Wildman–Crippen MR) is 75.0 cm³/mol. The fraction of sp³-hybridized carbons (Fsp3) is 0.417. The van der Waals surface area contributed by atoms with E-state index < -0.39 is 36.1 Å². The third kappa shape index (κ3) is 3.07. The quantitative estimate of drug-likeness (QED) is 0.850. The van der Waals surface area contributed by atoms with Crippen LogP contribution in [0.25, 0.3) is 0 Å². The van der Waals surface area contributed by atoms with Gasteiger partial charge in [0, 0.05) is 5.56 Å². The lowest BCUT2D eigenvalue weighted by Crippen LogP contribution is -2.21. The van der Waals surface area contributed by atoms with E-state index in [0.29, 0.717) is 0 Å². The van der Waals surface area contributed by atoms with Gasteiger partial charge in [-0.3, -0.25) is 0 Å². The maximum Gasteiger partial charge on any atom is 0.335 e. The van der Waals surface area contributed by atoms with Gasteiger partial charge < -0.3 is 5.11 Å². The minimum Gasteiger partial charge on any atom is -0.478 e.